The number of nitrogens with zero attached hydrogens (tertiary/aromatic N) is 2. The highest BCUT2D eigenvalue weighted by molar-refractivity contribution is 5.55. The van der Waals surface area contributed by atoms with Crippen LogP contribution < -0.4 is 10.5 Å². The third-order valence-corrected chi connectivity index (χ3v) is 2.19. The topological polar surface area (TPSA) is 73.3 Å². The minimum Gasteiger partial charge on any atom is -0.494 e. The number of imidazole rings is 1. The number of methoxy groups -OCH3 is 1. The third kappa shape index (κ3) is 3.49. The van der Waals surface area contributed by atoms with Crippen molar-refractivity contribution in [2.45, 2.75) is 13.8 Å². The number of aromatic nitrogens is 2. The van der Waals surface area contributed by atoms with E-state index in [2.05, 4.69) is 4.98 Å². The van der Waals surface area contributed by atoms with Crippen molar-refractivity contribution in [3.05, 3.63) is 36.4 Å². The number of hydrogen-bond acceptors (Lipinski definition) is 4. The number of nitrogens with two attached hydrogens (primary N) is 1. The lowest BCUT2D eigenvalue weighted by atomic mass is 10.2. The first kappa shape index (κ1) is 14.1. The smallest absolute Gasteiger partial charge is 0.144 e. The van der Waals surface area contributed by atoms with Crippen LogP contribution >= 0.6 is 0 Å². The largest absolute Gasteiger partial charge is 0.494 e. The number of benzene rings is 1. The Hall–Kier alpha value is -2.01. The van der Waals surface area contributed by atoms with Gasteiger partial charge in [-0.15, -0.1) is 0 Å². The van der Waals surface area contributed by atoms with E-state index in [4.69, 9.17) is 15.6 Å². The second-order valence-electron chi connectivity index (χ2n) is 3.67. The van der Waals surface area contributed by atoms with E-state index in [-0.39, 0.29) is 6.61 Å². The zero-order chi connectivity index (χ0) is 13.5. The van der Waals surface area contributed by atoms with E-state index in [9.17, 15) is 0 Å². The summed E-state index contributed by atoms with van der Waals surface area (Å²) in [6.07, 6.45) is 3.69. The predicted octanol–water partition coefficient (Wildman–Crippen LogP) is 1.77. The Balaban J connectivity index is 0.000000492. The molecule has 0 saturated heterocycles. The monoisotopic (exact) mass is 249 g/mol. The Bertz CT molecular complexity index is 495. The van der Waals surface area contributed by atoms with Gasteiger partial charge in [-0.1, -0.05) is 0 Å². The van der Waals surface area contributed by atoms with E-state index in [0.717, 1.165) is 17.1 Å². The molecule has 0 spiro atoms. The molecule has 0 saturated carbocycles. The summed E-state index contributed by atoms with van der Waals surface area (Å²) in [5.41, 5.74) is 8.27. The SMILES string of the molecule is CCO.COc1cc(N)ccc1-n1cnc(C)c1. The molecule has 0 atom stereocenters. The maximum atomic E-state index is 7.57. The third-order valence-electron chi connectivity index (χ3n) is 2.19. The maximum Gasteiger partial charge on any atom is 0.144 e. The van der Waals surface area contributed by atoms with Gasteiger partial charge in [0.2, 0.25) is 0 Å². The summed E-state index contributed by atoms with van der Waals surface area (Å²) in [5.74, 6) is 0.743. The standard InChI is InChI=1S/C11H13N3O.C2H6O/c1-8-6-14(7-13-8)10-4-3-9(12)5-11(10)15-2;1-2-3/h3-7H,12H2,1-2H3;3H,2H2,1H3. The molecule has 5 nitrogen and oxygen atoms in total. The first-order chi connectivity index (χ1) is 8.62. The van der Waals surface area contributed by atoms with E-state index >= 15 is 0 Å². The van der Waals surface area contributed by atoms with Crippen molar-refractivity contribution in [2.75, 3.05) is 19.5 Å². The molecule has 3 N–H and O–H groups in total. The minimum absolute atomic E-state index is 0.250. The van der Waals surface area contributed by atoms with Crippen molar-refractivity contribution in [3.63, 3.8) is 0 Å². The molecule has 0 aliphatic carbocycles. The summed E-state index contributed by atoms with van der Waals surface area (Å²) in [5, 5.41) is 7.57. The average molecular weight is 249 g/mol. The van der Waals surface area contributed by atoms with Crippen LogP contribution in [0.1, 0.15) is 12.6 Å². The molecule has 2 aromatic rings. The zero-order valence-corrected chi connectivity index (χ0v) is 10.9. The number of ether oxygens (including phenoxy) is 1. The maximum absolute atomic E-state index is 7.57. The number of anilines is 1. The molecule has 0 aliphatic heterocycles. The van der Waals surface area contributed by atoms with E-state index in [0.29, 0.717) is 5.69 Å². The van der Waals surface area contributed by atoms with Crippen molar-refractivity contribution in [1.29, 1.82) is 0 Å². The molecule has 1 aromatic heterocycles. The summed E-state index contributed by atoms with van der Waals surface area (Å²) < 4.78 is 7.17. The van der Waals surface area contributed by atoms with Gasteiger partial charge < -0.3 is 20.1 Å². The molecule has 0 bridgehead atoms. The van der Waals surface area contributed by atoms with Gasteiger partial charge in [0.1, 0.15) is 5.75 Å². The van der Waals surface area contributed by atoms with E-state index in [1.807, 2.05) is 29.8 Å². The van der Waals surface area contributed by atoms with Gasteiger partial charge in [0, 0.05) is 24.6 Å². The van der Waals surface area contributed by atoms with Crippen LogP contribution in [0.25, 0.3) is 5.69 Å². The van der Waals surface area contributed by atoms with Gasteiger partial charge in [-0.2, -0.15) is 0 Å². The molecule has 5 heteroatoms. The van der Waals surface area contributed by atoms with Gasteiger partial charge >= 0.3 is 0 Å². The molecule has 0 fully saturated rings. The van der Waals surface area contributed by atoms with Crippen molar-refractivity contribution in [2.24, 2.45) is 0 Å². The van der Waals surface area contributed by atoms with Crippen LogP contribution in [0, 0.1) is 6.92 Å². The number of aryl methyl sites for hydroxylation is 1. The Kier molecular flexibility index (Phi) is 5.20. The molecule has 0 unspecified atom stereocenters. The summed E-state index contributed by atoms with van der Waals surface area (Å²) >= 11 is 0. The first-order valence-corrected chi connectivity index (χ1v) is 5.67. The van der Waals surface area contributed by atoms with Gasteiger partial charge in [-0.05, 0) is 26.0 Å². The van der Waals surface area contributed by atoms with Gasteiger partial charge in [-0.25, -0.2) is 4.98 Å². The normalized spacial score (nSPS) is 9.56. The molecule has 2 rings (SSSR count). The van der Waals surface area contributed by atoms with E-state index in [1.165, 1.54) is 0 Å². The average Bonchev–Trinajstić information content (AvgIpc) is 2.76. The zero-order valence-electron chi connectivity index (χ0n) is 10.9. The molecule has 98 valence electrons. The number of hydrogen-bond donors (Lipinski definition) is 2. The molecule has 0 radical (unpaired) electrons. The van der Waals surface area contributed by atoms with Crippen molar-refractivity contribution >= 4 is 5.69 Å². The number of aliphatic hydroxyl groups is 1. The quantitative estimate of drug-likeness (QED) is 0.795. The number of nitrogen functional groups attached to an aromatic ring is 1. The lowest BCUT2D eigenvalue weighted by Crippen LogP contribution is -1.96. The van der Waals surface area contributed by atoms with Crippen LogP contribution in [-0.2, 0) is 0 Å². The van der Waals surface area contributed by atoms with Crippen molar-refractivity contribution in [3.8, 4) is 11.4 Å². The lowest BCUT2D eigenvalue weighted by Gasteiger charge is -2.09. The summed E-state index contributed by atoms with van der Waals surface area (Å²) in [7, 11) is 1.63. The van der Waals surface area contributed by atoms with Crippen molar-refractivity contribution < 1.29 is 9.84 Å². The summed E-state index contributed by atoms with van der Waals surface area (Å²) in [6.45, 7) is 3.88. The van der Waals surface area contributed by atoms with Crippen molar-refractivity contribution in [1.82, 2.24) is 9.55 Å². The van der Waals surface area contributed by atoms with Crippen LogP contribution in [0.15, 0.2) is 30.7 Å². The van der Waals surface area contributed by atoms with Gasteiger partial charge in [0.15, 0.2) is 0 Å². The minimum atomic E-state index is 0.250. The predicted molar refractivity (Wildman–Crippen MR) is 72.0 cm³/mol. The Morgan fingerprint density at radius 1 is 1.44 bits per heavy atom. The van der Waals surface area contributed by atoms with Crippen LogP contribution in [0.3, 0.4) is 0 Å². The number of rotatable bonds is 2. The molecule has 18 heavy (non-hydrogen) atoms. The molecule has 0 amide bonds. The molecule has 1 heterocycles. The lowest BCUT2D eigenvalue weighted by molar-refractivity contribution is 0.318. The highest BCUT2D eigenvalue weighted by Crippen LogP contribution is 2.25. The summed E-state index contributed by atoms with van der Waals surface area (Å²) in [6, 6.07) is 5.55. The van der Waals surface area contributed by atoms with Gasteiger partial charge in [0.25, 0.3) is 0 Å². The molecular weight excluding hydrogens is 230 g/mol. The van der Waals surface area contributed by atoms with Crippen LogP contribution in [0.4, 0.5) is 5.69 Å². The fourth-order valence-electron chi connectivity index (χ4n) is 1.46. The fourth-order valence-corrected chi connectivity index (χ4v) is 1.46. The van der Waals surface area contributed by atoms with Gasteiger partial charge in [-0.3, -0.25) is 0 Å². The van der Waals surface area contributed by atoms with Crippen LogP contribution in [0.2, 0.25) is 0 Å². The van der Waals surface area contributed by atoms with Crippen LogP contribution in [-0.4, -0.2) is 28.4 Å². The summed E-state index contributed by atoms with van der Waals surface area (Å²) in [4.78, 5) is 4.17. The van der Waals surface area contributed by atoms with E-state index in [1.54, 1.807) is 26.4 Å². The number of aliphatic hydroxyl groups excluding tert-OH is 1. The molecule has 1 aromatic carbocycles. The van der Waals surface area contributed by atoms with E-state index < -0.39 is 0 Å². The van der Waals surface area contributed by atoms with Gasteiger partial charge in [0.05, 0.1) is 24.8 Å². The Labute approximate surface area is 107 Å². The molecule has 0 aliphatic rings. The highest BCUT2D eigenvalue weighted by atomic mass is 16.5. The Morgan fingerprint density at radius 3 is 2.61 bits per heavy atom. The second kappa shape index (κ2) is 6.66. The Morgan fingerprint density at radius 2 is 2.11 bits per heavy atom. The second-order valence-corrected chi connectivity index (χ2v) is 3.67. The highest BCUT2D eigenvalue weighted by Gasteiger charge is 2.05. The van der Waals surface area contributed by atoms with Crippen LogP contribution in [0.5, 0.6) is 5.75 Å². The molecular formula is C13H19N3O2. The first-order valence-electron chi connectivity index (χ1n) is 5.67. The fraction of sp³-hybridized carbons (Fsp3) is 0.308.